The highest BCUT2D eigenvalue weighted by Crippen LogP contribution is 2.32. The number of fused-ring (bicyclic) bond motifs is 1. The van der Waals surface area contributed by atoms with E-state index in [9.17, 15) is 4.79 Å². The Morgan fingerprint density at radius 1 is 1.12 bits per heavy atom. The van der Waals surface area contributed by atoms with Crippen LogP contribution in [0.15, 0.2) is 48.5 Å². The van der Waals surface area contributed by atoms with Crippen molar-refractivity contribution in [2.24, 2.45) is 0 Å². The molecule has 0 bridgehead atoms. The molecule has 0 saturated heterocycles. The molecular weight excluding hydrogens is 304 g/mol. The van der Waals surface area contributed by atoms with Gasteiger partial charge in [-0.05, 0) is 30.7 Å². The summed E-state index contributed by atoms with van der Waals surface area (Å²) in [7, 11) is 2.03. The maximum absolute atomic E-state index is 12.4. The summed E-state index contributed by atoms with van der Waals surface area (Å²) in [6.07, 6.45) is 0. The third-order valence-corrected chi connectivity index (χ3v) is 4.36. The standard InChI is InChI=1S/C19H22N2O3/c1-14(19(22)20-11-15-6-4-3-5-7-15)21(2)12-16-8-9-17-18(10-16)24-13-23-17/h3-10,14H,11-13H2,1-2H3,(H,20,22)/p+1/t14-/m0/s1. The molecule has 3 rings (SSSR count). The predicted molar refractivity (Wildman–Crippen MR) is 90.9 cm³/mol. The van der Waals surface area contributed by atoms with Crippen molar-refractivity contribution in [2.75, 3.05) is 13.8 Å². The number of carbonyl (C=O) groups excluding carboxylic acids is 1. The van der Waals surface area contributed by atoms with Crippen LogP contribution in [-0.4, -0.2) is 25.8 Å². The topological polar surface area (TPSA) is 52.0 Å². The monoisotopic (exact) mass is 327 g/mol. The Balaban J connectivity index is 1.54. The van der Waals surface area contributed by atoms with Crippen molar-refractivity contribution in [3.8, 4) is 11.5 Å². The van der Waals surface area contributed by atoms with Gasteiger partial charge in [0.1, 0.15) is 6.54 Å². The second-order valence-corrected chi connectivity index (χ2v) is 6.14. The smallest absolute Gasteiger partial charge is 0.278 e. The molecule has 126 valence electrons. The van der Waals surface area contributed by atoms with Gasteiger partial charge < -0.3 is 19.7 Å². The maximum Gasteiger partial charge on any atom is 0.278 e. The molecule has 0 aliphatic carbocycles. The lowest BCUT2D eigenvalue weighted by molar-refractivity contribution is -0.908. The lowest BCUT2D eigenvalue weighted by Crippen LogP contribution is -3.12. The number of rotatable bonds is 6. The second-order valence-electron chi connectivity index (χ2n) is 6.14. The number of carbonyl (C=O) groups is 1. The Hall–Kier alpha value is -2.53. The molecule has 1 aliphatic heterocycles. The number of likely N-dealkylation sites (N-methyl/N-ethyl adjacent to an activating group) is 1. The first-order valence-electron chi connectivity index (χ1n) is 8.16. The summed E-state index contributed by atoms with van der Waals surface area (Å²) in [5, 5.41) is 3.00. The molecular formula is C19H23N2O3+. The van der Waals surface area contributed by atoms with Gasteiger partial charge in [0.2, 0.25) is 6.79 Å². The van der Waals surface area contributed by atoms with Crippen LogP contribution in [0.25, 0.3) is 0 Å². The highest BCUT2D eigenvalue weighted by molar-refractivity contribution is 5.79. The lowest BCUT2D eigenvalue weighted by Gasteiger charge is -2.21. The Bertz CT molecular complexity index is 703. The van der Waals surface area contributed by atoms with E-state index in [4.69, 9.17) is 9.47 Å². The van der Waals surface area contributed by atoms with Crippen molar-refractivity contribution in [3.63, 3.8) is 0 Å². The molecule has 1 heterocycles. The summed E-state index contributed by atoms with van der Waals surface area (Å²) in [5.74, 6) is 1.61. The third-order valence-electron chi connectivity index (χ3n) is 4.36. The minimum atomic E-state index is -0.140. The third kappa shape index (κ3) is 3.86. The van der Waals surface area contributed by atoms with Crippen molar-refractivity contribution >= 4 is 5.91 Å². The molecule has 1 aliphatic rings. The molecule has 0 spiro atoms. The van der Waals surface area contributed by atoms with Crippen LogP contribution in [-0.2, 0) is 17.9 Å². The van der Waals surface area contributed by atoms with Gasteiger partial charge in [-0.2, -0.15) is 0 Å². The first kappa shape index (κ1) is 16.3. The van der Waals surface area contributed by atoms with E-state index < -0.39 is 0 Å². The molecule has 0 saturated carbocycles. The number of benzene rings is 2. The van der Waals surface area contributed by atoms with Crippen LogP contribution in [0.5, 0.6) is 11.5 Å². The molecule has 2 aromatic carbocycles. The average molecular weight is 327 g/mol. The van der Waals surface area contributed by atoms with Crippen molar-refractivity contribution in [2.45, 2.75) is 26.1 Å². The summed E-state index contributed by atoms with van der Waals surface area (Å²) < 4.78 is 10.7. The van der Waals surface area contributed by atoms with Gasteiger partial charge in [0.25, 0.3) is 5.91 Å². The first-order chi connectivity index (χ1) is 11.6. The van der Waals surface area contributed by atoms with Crippen LogP contribution >= 0.6 is 0 Å². The SMILES string of the molecule is C[C@@H](C(=O)NCc1ccccc1)[NH+](C)Cc1ccc2c(c1)OCO2. The number of hydrogen-bond acceptors (Lipinski definition) is 3. The average Bonchev–Trinajstić information content (AvgIpc) is 3.07. The zero-order chi connectivity index (χ0) is 16.9. The fourth-order valence-corrected chi connectivity index (χ4v) is 2.69. The van der Waals surface area contributed by atoms with Crippen LogP contribution in [0, 0.1) is 0 Å². The Morgan fingerprint density at radius 2 is 1.88 bits per heavy atom. The van der Waals surface area contributed by atoms with Crippen LogP contribution < -0.4 is 19.7 Å². The summed E-state index contributed by atoms with van der Waals surface area (Å²) in [4.78, 5) is 13.5. The molecule has 1 unspecified atom stereocenters. The van der Waals surface area contributed by atoms with Crippen LogP contribution in [0.1, 0.15) is 18.1 Å². The predicted octanol–water partition coefficient (Wildman–Crippen LogP) is 1.13. The highest BCUT2D eigenvalue weighted by atomic mass is 16.7. The van der Waals surface area contributed by atoms with Crippen molar-refractivity contribution in [1.82, 2.24) is 5.32 Å². The largest absolute Gasteiger partial charge is 0.454 e. The van der Waals surface area contributed by atoms with Gasteiger partial charge >= 0.3 is 0 Å². The van der Waals surface area contributed by atoms with Gasteiger partial charge in [0.05, 0.1) is 7.05 Å². The Morgan fingerprint density at radius 3 is 2.67 bits per heavy atom. The van der Waals surface area contributed by atoms with Gasteiger partial charge in [-0.1, -0.05) is 30.3 Å². The van der Waals surface area contributed by atoms with E-state index in [0.29, 0.717) is 6.54 Å². The molecule has 2 atom stereocenters. The van der Waals surface area contributed by atoms with E-state index in [1.807, 2.05) is 62.5 Å². The van der Waals surface area contributed by atoms with E-state index in [0.717, 1.165) is 34.1 Å². The van der Waals surface area contributed by atoms with Crippen molar-refractivity contribution in [1.29, 1.82) is 0 Å². The lowest BCUT2D eigenvalue weighted by atomic mass is 10.1. The number of nitrogens with one attached hydrogen (secondary N) is 2. The van der Waals surface area contributed by atoms with Crippen LogP contribution in [0.4, 0.5) is 0 Å². The van der Waals surface area contributed by atoms with Gasteiger partial charge in [-0.3, -0.25) is 4.79 Å². The zero-order valence-corrected chi connectivity index (χ0v) is 14.0. The molecule has 0 radical (unpaired) electrons. The normalized spacial score (nSPS) is 14.9. The van der Waals surface area contributed by atoms with E-state index in [1.165, 1.54) is 0 Å². The zero-order valence-electron chi connectivity index (χ0n) is 14.0. The molecule has 1 amide bonds. The van der Waals surface area contributed by atoms with Crippen molar-refractivity contribution < 1.29 is 19.2 Å². The van der Waals surface area contributed by atoms with E-state index in [-0.39, 0.29) is 18.7 Å². The Kier molecular flexibility index (Phi) is 5.01. The van der Waals surface area contributed by atoms with Crippen molar-refractivity contribution in [3.05, 3.63) is 59.7 Å². The first-order valence-corrected chi connectivity index (χ1v) is 8.16. The van der Waals surface area contributed by atoms with E-state index >= 15 is 0 Å². The fraction of sp³-hybridized carbons (Fsp3) is 0.316. The summed E-state index contributed by atoms with van der Waals surface area (Å²) in [6.45, 7) is 3.53. The van der Waals surface area contributed by atoms with E-state index in [2.05, 4.69) is 5.32 Å². The van der Waals surface area contributed by atoms with Gasteiger partial charge in [0, 0.05) is 12.1 Å². The highest BCUT2D eigenvalue weighted by Gasteiger charge is 2.22. The maximum atomic E-state index is 12.4. The summed E-state index contributed by atoms with van der Waals surface area (Å²) in [5.41, 5.74) is 2.23. The van der Waals surface area contributed by atoms with Gasteiger partial charge in [-0.15, -0.1) is 0 Å². The minimum Gasteiger partial charge on any atom is -0.454 e. The van der Waals surface area contributed by atoms with Gasteiger partial charge in [0.15, 0.2) is 17.5 Å². The van der Waals surface area contributed by atoms with Crippen LogP contribution in [0.3, 0.4) is 0 Å². The van der Waals surface area contributed by atoms with Crippen LogP contribution in [0.2, 0.25) is 0 Å². The number of ether oxygens (including phenoxy) is 2. The molecule has 2 N–H and O–H groups in total. The molecule has 0 fully saturated rings. The molecule has 5 heteroatoms. The molecule has 24 heavy (non-hydrogen) atoms. The fourth-order valence-electron chi connectivity index (χ4n) is 2.69. The molecule has 2 aromatic rings. The Labute approximate surface area is 142 Å². The molecule has 5 nitrogen and oxygen atoms in total. The van der Waals surface area contributed by atoms with E-state index in [1.54, 1.807) is 0 Å². The summed E-state index contributed by atoms with van der Waals surface area (Å²) in [6, 6.07) is 15.7. The van der Waals surface area contributed by atoms with Gasteiger partial charge in [-0.25, -0.2) is 0 Å². The summed E-state index contributed by atoms with van der Waals surface area (Å²) >= 11 is 0. The quantitative estimate of drug-likeness (QED) is 0.836. The number of amides is 1. The minimum absolute atomic E-state index is 0.0529. The molecule has 0 aromatic heterocycles. The second kappa shape index (κ2) is 7.36. The number of quaternary nitrogens is 1. The number of hydrogen-bond donors (Lipinski definition) is 2.